The molecule has 0 bridgehead atoms. The average molecular weight is 399 g/mol. The van der Waals surface area contributed by atoms with Gasteiger partial charge >= 0.3 is 6.03 Å². The number of amides is 3. The Hall–Kier alpha value is -3.60. The van der Waals surface area contributed by atoms with Crippen molar-refractivity contribution in [3.8, 4) is 0 Å². The normalized spacial score (nSPS) is 14.0. The SMILES string of the molecule is Cc1cccc(C(=O)Nc2ccc(N3CCCN(Cc4ccccc4)C3=O)cc2)c1. The van der Waals surface area contributed by atoms with Crippen LogP contribution in [0.1, 0.15) is 27.9 Å². The number of nitrogens with zero attached hydrogens (tertiary/aromatic N) is 2. The standard InChI is InChI=1S/C25H25N3O2/c1-19-7-5-10-21(17-19)24(29)26-22-11-13-23(14-12-22)28-16-6-15-27(25(28)30)18-20-8-3-2-4-9-20/h2-5,7-14,17H,6,15-16,18H2,1H3,(H,26,29). The van der Waals surface area contributed by atoms with E-state index in [0.29, 0.717) is 24.3 Å². The van der Waals surface area contributed by atoms with Crippen LogP contribution in [0.25, 0.3) is 0 Å². The van der Waals surface area contributed by atoms with Crippen molar-refractivity contribution in [2.45, 2.75) is 19.9 Å². The largest absolute Gasteiger partial charge is 0.324 e. The Bertz CT molecular complexity index is 1030. The Morgan fingerprint density at radius 1 is 0.933 bits per heavy atom. The Balaban J connectivity index is 1.43. The van der Waals surface area contributed by atoms with E-state index in [-0.39, 0.29) is 11.9 Å². The maximum atomic E-state index is 13.0. The van der Waals surface area contributed by atoms with E-state index in [1.165, 1.54) is 0 Å². The third-order valence-electron chi connectivity index (χ3n) is 5.24. The number of carbonyl (C=O) groups is 2. The van der Waals surface area contributed by atoms with Gasteiger partial charge in [-0.2, -0.15) is 0 Å². The topological polar surface area (TPSA) is 52.7 Å². The van der Waals surface area contributed by atoms with Crippen LogP contribution in [0.3, 0.4) is 0 Å². The fourth-order valence-corrected chi connectivity index (χ4v) is 3.69. The van der Waals surface area contributed by atoms with Gasteiger partial charge in [-0.25, -0.2) is 4.79 Å². The van der Waals surface area contributed by atoms with E-state index in [1.807, 2.05) is 84.6 Å². The lowest BCUT2D eigenvalue weighted by Gasteiger charge is -2.35. The zero-order valence-corrected chi connectivity index (χ0v) is 17.0. The Morgan fingerprint density at radius 2 is 1.70 bits per heavy atom. The highest BCUT2D eigenvalue weighted by Gasteiger charge is 2.26. The van der Waals surface area contributed by atoms with E-state index >= 15 is 0 Å². The van der Waals surface area contributed by atoms with Crippen molar-refractivity contribution in [2.75, 3.05) is 23.3 Å². The summed E-state index contributed by atoms with van der Waals surface area (Å²) in [6, 6.07) is 25.0. The lowest BCUT2D eigenvalue weighted by molar-refractivity contribution is 0.102. The molecule has 1 aliphatic heterocycles. The smallest absolute Gasteiger partial charge is 0.322 e. The molecule has 5 heteroatoms. The minimum atomic E-state index is -0.144. The molecule has 30 heavy (non-hydrogen) atoms. The van der Waals surface area contributed by atoms with Gasteiger partial charge in [0.15, 0.2) is 0 Å². The second kappa shape index (κ2) is 8.82. The van der Waals surface area contributed by atoms with Crippen molar-refractivity contribution in [1.82, 2.24) is 4.90 Å². The van der Waals surface area contributed by atoms with Gasteiger partial charge in [-0.15, -0.1) is 0 Å². The highest BCUT2D eigenvalue weighted by molar-refractivity contribution is 6.04. The second-order valence-corrected chi connectivity index (χ2v) is 7.57. The summed E-state index contributed by atoms with van der Waals surface area (Å²) < 4.78 is 0. The number of hydrogen-bond acceptors (Lipinski definition) is 2. The maximum absolute atomic E-state index is 13.0. The molecule has 1 saturated heterocycles. The Kier molecular flexibility index (Phi) is 5.80. The van der Waals surface area contributed by atoms with Gasteiger partial charge < -0.3 is 10.2 Å². The van der Waals surface area contributed by atoms with Gasteiger partial charge in [0.05, 0.1) is 0 Å². The quantitative estimate of drug-likeness (QED) is 0.650. The summed E-state index contributed by atoms with van der Waals surface area (Å²) in [5.41, 5.74) is 4.34. The van der Waals surface area contributed by atoms with E-state index in [0.717, 1.165) is 29.8 Å². The molecule has 3 amide bonds. The molecular formula is C25H25N3O2. The monoisotopic (exact) mass is 399 g/mol. The highest BCUT2D eigenvalue weighted by Crippen LogP contribution is 2.23. The molecule has 0 aliphatic carbocycles. The summed E-state index contributed by atoms with van der Waals surface area (Å²) in [5.74, 6) is -0.144. The Morgan fingerprint density at radius 3 is 2.43 bits per heavy atom. The van der Waals surface area contributed by atoms with Crippen LogP contribution in [0, 0.1) is 6.92 Å². The number of aryl methyl sites for hydroxylation is 1. The zero-order chi connectivity index (χ0) is 20.9. The first-order valence-corrected chi connectivity index (χ1v) is 10.2. The van der Waals surface area contributed by atoms with Crippen molar-refractivity contribution in [2.24, 2.45) is 0 Å². The molecule has 3 aromatic carbocycles. The highest BCUT2D eigenvalue weighted by atomic mass is 16.2. The van der Waals surface area contributed by atoms with Crippen LogP contribution in [0.2, 0.25) is 0 Å². The number of anilines is 2. The first kappa shape index (κ1) is 19.7. The van der Waals surface area contributed by atoms with Crippen LogP contribution in [0.5, 0.6) is 0 Å². The van der Waals surface area contributed by atoms with Crippen molar-refractivity contribution in [1.29, 1.82) is 0 Å². The van der Waals surface area contributed by atoms with Crippen LogP contribution in [-0.4, -0.2) is 29.9 Å². The number of rotatable bonds is 5. The molecule has 152 valence electrons. The molecule has 3 aromatic rings. The number of benzene rings is 3. The number of carbonyl (C=O) groups excluding carboxylic acids is 2. The van der Waals surface area contributed by atoms with Crippen molar-refractivity contribution < 1.29 is 9.59 Å². The van der Waals surface area contributed by atoms with Gasteiger partial charge in [0.25, 0.3) is 5.91 Å². The fourth-order valence-electron chi connectivity index (χ4n) is 3.69. The van der Waals surface area contributed by atoms with Crippen LogP contribution < -0.4 is 10.2 Å². The molecule has 1 heterocycles. The predicted molar refractivity (Wildman–Crippen MR) is 120 cm³/mol. The molecule has 0 spiro atoms. The van der Waals surface area contributed by atoms with Crippen LogP contribution in [0.4, 0.5) is 16.2 Å². The molecule has 5 nitrogen and oxygen atoms in total. The lowest BCUT2D eigenvalue weighted by Crippen LogP contribution is -2.49. The average Bonchev–Trinajstić information content (AvgIpc) is 2.77. The van der Waals surface area contributed by atoms with E-state index < -0.39 is 0 Å². The summed E-state index contributed by atoms with van der Waals surface area (Å²) in [7, 11) is 0. The summed E-state index contributed by atoms with van der Waals surface area (Å²) in [4.78, 5) is 29.1. The fraction of sp³-hybridized carbons (Fsp3) is 0.200. The summed E-state index contributed by atoms with van der Waals surface area (Å²) >= 11 is 0. The van der Waals surface area contributed by atoms with Crippen LogP contribution in [0.15, 0.2) is 78.9 Å². The summed E-state index contributed by atoms with van der Waals surface area (Å²) in [6.45, 7) is 4.02. The van der Waals surface area contributed by atoms with Gasteiger partial charge in [-0.05, 0) is 55.3 Å². The number of nitrogens with one attached hydrogen (secondary N) is 1. The molecular weight excluding hydrogens is 374 g/mol. The molecule has 4 rings (SSSR count). The van der Waals surface area contributed by atoms with Gasteiger partial charge in [-0.3, -0.25) is 9.69 Å². The minimum absolute atomic E-state index is 0.0154. The number of urea groups is 1. The lowest BCUT2D eigenvalue weighted by atomic mass is 10.1. The maximum Gasteiger partial charge on any atom is 0.324 e. The first-order chi connectivity index (χ1) is 14.6. The Labute approximate surface area is 176 Å². The molecule has 1 N–H and O–H groups in total. The van der Waals surface area contributed by atoms with Crippen molar-refractivity contribution in [3.63, 3.8) is 0 Å². The summed E-state index contributed by atoms with van der Waals surface area (Å²) in [5, 5.41) is 2.92. The van der Waals surface area contributed by atoms with E-state index in [4.69, 9.17) is 0 Å². The van der Waals surface area contributed by atoms with Crippen LogP contribution >= 0.6 is 0 Å². The van der Waals surface area contributed by atoms with Crippen molar-refractivity contribution >= 4 is 23.3 Å². The minimum Gasteiger partial charge on any atom is -0.322 e. The van der Waals surface area contributed by atoms with E-state index in [1.54, 1.807) is 11.0 Å². The van der Waals surface area contributed by atoms with E-state index in [2.05, 4.69) is 5.32 Å². The van der Waals surface area contributed by atoms with Crippen LogP contribution in [-0.2, 0) is 6.54 Å². The van der Waals surface area contributed by atoms with E-state index in [9.17, 15) is 9.59 Å². The third kappa shape index (κ3) is 4.51. The predicted octanol–water partition coefficient (Wildman–Crippen LogP) is 5.08. The number of hydrogen-bond donors (Lipinski definition) is 1. The van der Waals surface area contributed by atoms with Gasteiger partial charge in [0.1, 0.15) is 0 Å². The van der Waals surface area contributed by atoms with Gasteiger partial charge in [-0.1, -0.05) is 48.0 Å². The molecule has 0 radical (unpaired) electrons. The summed E-state index contributed by atoms with van der Waals surface area (Å²) in [6.07, 6.45) is 0.921. The van der Waals surface area contributed by atoms with Gasteiger partial charge in [0, 0.05) is 36.6 Å². The van der Waals surface area contributed by atoms with Gasteiger partial charge in [0.2, 0.25) is 0 Å². The molecule has 0 saturated carbocycles. The first-order valence-electron chi connectivity index (χ1n) is 10.2. The molecule has 1 fully saturated rings. The molecule has 0 unspecified atom stereocenters. The molecule has 0 aromatic heterocycles. The zero-order valence-electron chi connectivity index (χ0n) is 17.0. The third-order valence-corrected chi connectivity index (χ3v) is 5.24. The molecule has 0 atom stereocenters. The van der Waals surface area contributed by atoms with Crippen molar-refractivity contribution in [3.05, 3.63) is 95.6 Å². The second-order valence-electron chi connectivity index (χ2n) is 7.57. The molecule has 1 aliphatic rings.